The van der Waals surface area contributed by atoms with Gasteiger partial charge in [0.05, 0.1) is 6.20 Å². The van der Waals surface area contributed by atoms with Crippen LogP contribution in [0.2, 0.25) is 0 Å². The molecule has 2 aromatic rings. The summed E-state index contributed by atoms with van der Waals surface area (Å²) in [6, 6.07) is 5.73. The largest absolute Gasteiger partial charge is 0.356 e. The van der Waals surface area contributed by atoms with E-state index in [0.717, 1.165) is 12.1 Å². The molecule has 2 amide bonds. The van der Waals surface area contributed by atoms with Gasteiger partial charge in [0.25, 0.3) is 5.91 Å². The average Bonchev–Trinajstić information content (AvgIpc) is 2.69. The van der Waals surface area contributed by atoms with Gasteiger partial charge in [-0.1, -0.05) is 13.0 Å². The molecular formula is C19H25N5O2. The molecule has 2 aromatic heterocycles. The lowest BCUT2D eigenvalue weighted by molar-refractivity contribution is -0.121. The van der Waals surface area contributed by atoms with E-state index in [1.807, 2.05) is 32.0 Å². The molecule has 0 saturated carbocycles. The SMILES string of the molecule is CCC(C)N(CCC(=O)NCCc1ccccn1)C(=O)c1cnccn1. The highest BCUT2D eigenvalue weighted by Gasteiger charge is 2.22. The number of hydrogen-bond donors (Lipinski definition) is 1. The van der Waals surface area contributed by atoms with Gasteiger partial charge in [0, 0.05) is 56.3 Å². The van der Waals surface area contributed by atoms with E-state index in [2.05, 4.69) is 20.3 Å². The maximum Gasteiger partial charge on any atom is 0.274 e. The number of carbonyl (C=O) groups excluding carboxylic acids is 2. The summed E-state index contributed by atoms with van der Waals surface area (Å²) in [6.45, 7) is 4.85. The third-order valence-corrected chi connectivity index (χ3v) is 4.18. The molecule has 0 aliphatic heterocycles. The first-order valence-electron chi connectivity index (χ1n) is 8.85. The van der Waals surface area contributed by atoms with Gasteiger partial charge < -0.3 is 10.2 Å². The molecule has 0 bridgehead atoms. The summed E-state index contributed by atoms with van der Waals surface area (Å²) in [4.78, 5) is 38.7. The fraction of sp³-hybridized carbons (Fsp3) is 0.421. The molecule has 0 saturated heterocycles. The van der Waals surface area contributed by atoms with Crippen molar-refractivity contribution in [3.63, 3.8) is 0 Å². The van der Waals surface area contributed by atoms with Gasteiger partial charge >= 0.3 is 0 Å². The van der Waals surface area contributed by atoms with Crippen LogP contribution in [0.15, 0.2) is 43.0 Å². The summed E-state index contributed by atoms with van der Waals surface area (Å²) < 4.78 is 0. The quantitative estimate of drug-likeness (QED) is 0.742. The number of pyridine rings is 1. The molecule has 1 N–H and O–H groups in total. The Morgan fingerprint density at radius 3 is 2.69 bits per heavy atom. The summed E-state index contributed by atoms with van der Waals surface area (Å²) in [5, 5.41) is 2.88. The van der Waals surface area contributed by atoms with Gasteiger partial charge in [-0.3, -0.25) is 19.6 Å². The second-order valence-electron chi connectivity index (χ2n) is 6.02. The first-order valence-corrected chi connectivity index (χ1v) is 8.85. The number of rotatable bonds is 9. The minimum Gasteiger partial charge on any atom is -0.356 e. The molecule has 0 spiro atoms. The third kappa shape index (κ3) is 5.91. The molecule has 7 nitrogen and oxygen atoms in total. The van der Waals surface area contributed by atoms with Crippen molar-refractivity contribution in [2.24, 2.45) is 0 Å². The Balaban J connectivity index is 1.84. The fourth-order valence-corrected chi connectivity index (χ4v) is 2.49. The van der Waals surface area contributed by atoms with E-state index in [9.17, 15) is 9.59 Å². The van der Waals surface area contributed by atoms with E-state index in [-0.39, 0.29) is 24.3 Å². The first kappa shape index (κ1) is 19.5. The molecule has 1 atom stereocenters. The molecular weight excluding hydrogens is 330 g/mol. The van der Waals surface area contributed by atoms with E-state index in [0.29, 0.717) is 25.2 Å². The predicted octanol–water partition coefficient (Wildman–Crippen LogP) is 1.86. The fourth-order valence-electron chi connectivity index (χ4n) is 2.49. The van der Waals surface area contributed by atoms with Crippen LogP contribution in [-0.2, 0) is 11.2 Å². The second kappa shape index (κ2) is 10.2. The predicted molar refractivity (Wildman–Crippen MR) is 98.4 cm³/mol. The van der Waals surface area contributed by atoms with Crippen LogP contribution in [0.1, 0.15) is 42.9 Å². The number of nitrogens with zero attached hydrogens (tertiary/aromatic N) is 4. The lowest BCUT2D eigenvalue weighted by atomic mass is 10.2. The molecule has 2 heterocycles. The van der Waals surface area contributed by atoms with E-state index < -0.39 is 0 Å². The zero-order chi connectivity index (χ0) is 18.8. The minimum atomic E-state index is -0.200. The van der Waals surface area contributed by atoms with Crippen LogP contribution < -0.4 is 5.32 Å². The summed E-state index contributed by atoms with van der Waals surface area (Å²) in [7, 11) is 0. The highest BCUT2D eigenvalue weighted by Crippen LogP contribution is 2.09. The van der Waals surface area contributed by atoms with Crippen molar-refractivity contribution < 1.29 is 9.59 Å². The van der Waals surface area contributed by atoms with Crippen LogP contribution in [0.4, 0.5) is 0 Å². The zero-order valence-corrected chi connectivity index (χ0v) is 15.3. The van der Waals surface area contributed by atoms with E-state index in [1.165, 1.54) is 18.6 Å². The Bertz CT molecular complexity index is 694. The van der Waals surface area contributed by atoms with Crippen LogP contribution in [-0.4, -0.2) is 50.8 Å². The smallest absolute Gasteiger partial charge is 0.274 e. The average molecular weight is 355 g/mol. The summed E-state index contributed by atoms with van der Waals surface area (Å²) in [5.41, 5.74) is 1.23. The molecule has 0 aliphatic rings. The van der Waals surface area contributed by atoms with Crippen LogP contribution >= 0.6 is 0 Å². The molecule has 0 aromatic carbocycles. The molecule has 26 heavy (non-hydrogen) atoms. The highest BCUT2D eigenvalue weighted by atomic mass is 16.2. The summed E-state index contributed by atoms with van der Waals surface area (Å²) >= 11 is 0. The van der Waals surface area contributed by atoms with Gasteiger partial charge in [0.1, 0.15) is 5.69 Å². The number of carbonyl (C=O) groups is 2. The Labute approximate surface area is 153 Å². The molecule has 138 valence electrons. The van der Waals surface area contributed by atoms with Crippen molar-refractivity contribution >= 4 is 11.8 Å². The Hall–Kier alpha value is -2.83. The third-order valence-electron chi connectivity index (χ3n) is 4.18. The topological polar surface area (TPSA) is 88.1 Å². The zero-order valence-electron chi connectivity index (χ0n) is 15.3. The van der Waals surface area contributed by atoms with E-state index >= 15 is 0 Å². The minimum absolute atomic E-state index is 0.0193. The number of hydrogen-bond acceptors (Lipinski definition) is 5. The van der Waals surface area contributed by atoms with Gasteiger partial charge in [-0.15, -0.1) is 0 Å². The van der Waals surface area contributed by atoms with Gasteiger partial charge in [-0.2, -0.15) is 0 Å². The maximum absolute atomic E-state index is 12.6. The maximum atomic E-state index is 12.6. The van der Waals surface area contributed by atoms with E-state index in [1.54, 1.807) is 11.1 Å². The lowest BCUT2D eigenvalue weighted by Crippen LogP contribution is -2.41. The second-order valence-corrected chi connectivity index (χ2v) is 6.02. The highest BCUT2D eigenvalue weighted by molar-refractivity contribution is 5.92. The molecule has 0 aliphatic carbocycles. The standard InChI is InChI=1S/C19H25N5O2/c1-3-15(2)24(19(26)17-14-20-11-12-22-17)13-8-18(25)23-10-7-16-6-4-5-9-21-16/h4-6,9,11-12,14-15H,3,7-8,10,13H2,1-2H3,(H,23,25). The molecule has 0 radical (unpaired) electrons. The van der Waals surface area contributed by atoms with Crippen molar-refractivity contribution in [1.29, 1.82) is 0 Å². The Kier molecular flexibility index (Phi) is 7.67. The van der Waals surface area contributed by atoms with Crippen molar-refractivity contribution in [3.8, 4) is 0 Å². The lowest BCUT2D eigenvalue weighted by Gasteiger charge is -2.28. The molecule has 1 unspecified atom stereocenters. The van der Waals surface area contributed by atoms with Crippen LogP contribution in [0.5, 0.6) is 0 Å². The molecule has 2 rings (SSSR count). The van der Waals surface area contributed by atoms with Crippen molar-refractivity contribution in [1.82, 2.24) is 25.2 Å². The van der Waals surface area contributed by atoms with Crippen LogP contribution in [0.25, 0.3) is 0 Å². The molecule has 7 heteroatoms. The summed E-state index contributed by atoms with van der Waals surface area (Å²) in [6.07, 6.45) is 7.93. The first-order chi connectivity index (χ1) is 12.6. The van der Waals surface area contributed by atoms with Crippen LogP contribution in [0.3, 0.4) is 0 Å². The number of aromatic nitrogens is 3. The van der Waals surface area contributed by atoms with Crippen molar-refractivity contribution in [2.45, 2.75) is 39.2 Å². The monoisotopic (exact) mass is 355 g/mol. The number of amides is 2. The van der Waals surface area contributed by atoms with Gasteiger partial charge in [0.2, 0.25) is 5.91 Å². The Morgan fingerprint density at radius 2 is 2.04 bits per heavy atom. The normalized spacial score (nSPS) is 11.6. The number of nitrogens with one attached hydrogen (secondary N) is 1. The van der Waals surface area contributed by atoms with Crippen LogP contribution in [0, 0.1) is 0 Å². The van der Waals surface area contributed by atoms with Crippen molar-refractivity contribution in [2.75, 3.05) is 13.1 Å². The Morgan fingerprint density at radius 1 is 1.19 bits per heavy atom. The van der Waals surface area contributed by atoms with Crippen molar-refractivity contribution in [3.05, 3.63) is 54.4 Å². The molecule has 0 fully saturated rings. The van der Waals surface area contributed by atoms with Gasteiger partial charge in [-0.05, 0) is 25.5 Å². The van der Waals surface area contributed by atoms with E-state index in [4.69, 9.17) is 0 Å². The summed E-state index contributed by atoms with van der Waals surface area (Å²) in [5.74, 6) is -0.282. The van der Waals surface area contributed by atoms with Gasteiger partial charge in [-0.25, -0.2) is 4.98 Å². The van der Waals surface area contributed by atoms with Gasteiger partial charge in [0.15, 0.2) is 0 Å².